The Hall–Kier alpha value is -1.39. The van der Waals surface area contributed by atoms with Crippen LogP contribution in [0.3, 0.4) is 0 Å². The van der Waals surface area contributed by atoms with Crippen molar-refractivity contribution in [1.82, 2.24) is 10.3 Å². The van der Waals surface area contributed by atoms with Crippen LogP contribution in [0.25, 0.3) is 0 Å². The van der Waals surface area contributed by atoms with Crippen LogP contribution in [-0.4, -0.2) is 16.2 Å². The molecule has 0 radical (unpaired) electrons. The highest BCUT2D eigenvalue weighted by Gasteiger charge is 2.09. The molecule has 11 heavy (non-hydrogen) atoms. The maximum atomic E-state index is 10.3. The van der Waals surface area contributed by atoms with E-state index >= 15 is 0 Å². The van der Waals surface area contributed by atoms with Gasteiger partial charge in [-0.1, -0.05) is 19.0 Å². The number of aryl methyl sites for hydroxylation is 1. The first-order valence-corrected chi connectivity index (χ1v) is 3.31. The monoisotopic (exact) mass is 157 g/mol. The van der Waals surface area contributed by atoms with E-state index < -0.39 is 5.91 Å². The van der Waals surface area contributed by atoms with Crippen LogP contribution in [0.1, 0.15) is 30.0 Å². The summed E-state index contributed by atoms with van der Waals surface area (Å²) in [6, 6.07) is 0. The van der Waals surface area contributed by atoms with Gasteiger partial charge in [-0.2, -0.15) is 0 Å². The van der Waals surface area contributed by atoms with Gasteiger partial charge in [0.2, 0.25) is 0 Å². The average Bonchev–Trinajstić information content (AvgIpc) is 2.39. The Kier molecular flexibility index (Phi) is 3.87. The van der Waals surface area contributed by atoms with Gasteiger partial charge in [0.15, 0.2) is 5.69 Å². The zero-order chi connectivity index (χ0) is 8.85. The minimum Gasteiger partial charge on any atom is -0.364 e. The van der Waals surface area contributed by atoms with E-state index in [4.69, 9.17) is 5.73 Å². The lowest BCUT2D eigenvalue weighted by Crippen LogP contribution is -2.12. The first kappa shape index (κ1) is 9.61. The van der Waals surface area contributed by atoms with E-state index in [-0.39, 0.29) is 5.69 Å². The molecule has 1 aromatic heterocycles. The molecule has 0 aliphatic carbocycles. The van der Waals surface area contributed by atoms with Gasteiger partial charge in [-0.3, -0.25) is 4.79 Å². The van der Waals surface area contributed by atoms with Crippen molar-refractivity contribution in [3.8, 4) is 0 Å². The van der Waals surface area contributed by atoms with Crippen LogP contribution < -0.4 is 5.73 Å². The van der Waals surface area contributed by atoms with Crippen LogP contribution in [0, 0.1) is 6.92 Å². The van der Waals surface area contributed by atoms with Crippen molar-refractivity contribution in [2.24, 2.45) is 5.73 Å². The van der Waals surface area contributed by atoms with Gasteiger partial charge in [0.25, 0.3) is 5.91 Å². The summed E-state index contributed by atoms with van der Waals surface area (Å²) in [4.78, 5) is 10.3. The number of aromatic nitrogens is 2. The fourth-order valence-electron chi connectivity index (χ4n) is 0.455. The normalized spacial score (nSPS) is 8.27. The summed E-state index contributed by atoms with van der Waals surface area (Å²) in [5.41, 5.74) is 5.37. The van der Waals surface area contributed by atoms with E-state index in [1.54, 1.807) is 6.92 Å². The fraction of sp³-hybridized carbons (Fsp3) is 0.500. The lowest BCUT2D eigenvalue weighted by Gasteiger charge is -1.81. The number of carbonyl (C=O) groups is 1. The molecule has 5 heteroatoms. The topological polar surface area (TPSA) is 82.0 Å². The number of rotatable bonds is 1. The molecule has 62 valence electrons. The molecule has 0 saturated heterocycles. The van der Waals surface area contributed by atoms with Gasteiger partial charge in [-0.05, 0) is 12.1 Å². The Morgan fingerprint density at radius 1 is 1.45 bits per heavy atom. The fourth-order valence-corrected chi connectivity index (χ4v) is 0.455. The third kappa shape index (κ3) is 2.37. The first-order valence-electron chi connectivity index (χ1n) is 3.31. The predicted octanol–water partition coefficient (Wildman–Crippen LogP) is 0.503. The second-order valence-corrected chi connectivity index (χ2v) is 1.56. The minimum atomic E-state index is -0.617. The SMILES string of the molecule is CC.Cc1nonc1C(N)=O. The van der Waals surface area contributed by atoms with E-state index in [1.165, 1.54) is 0 Å². The molecule has 0 aliphatic rings. The van der Waals surface area contributed by atoms with E-state index in [1.807, 2.05) is 13.8 Å². The summed E-state index contributed by atoms with van der Waals surface area (Å²) in [7, 11) is 0. The van der Waals surface area contributed by atoms with Gasteiger partial charge in [0.1, 0.15) is 5.69 Å². The number of amides is 1. The van der Waals surface area contributed by atoms with Crippen molar-refractivity contribution >= 4 is 5.91 Å². The van der Waals surface area contributed by atoms with Gasteiger partial charge in [0, 0.05) is 0 Å². The summed E-state index contributed by atoms with van der Waals surface area (Å²) in [5, 5.41) is 6.61. The zero-order valence-corrected chi connectivity index (χ0v) is 6.79. The molecule has 0 spiro atoms. The molecule has 1 amide bonds. The summed E-state index contributed by atoms with van der Waals surface area (Å²) in [6.07, 6.45) is 0. The Bertz CT molecular complexity index is 231. The third-order valence-corrected chi connectivity index (χ3v) is 0.886. The molecule has 0 unspecified atom stereocenters. The van der Waals surface area contributed by atoms with Crippen LogP contribution >= 0.6 is 0 Å². The summed E-state index contributed by atoms with van der Waals surface area (Å²) >= 11 is 0. The molecule has 5 nitrogen and oxygen atoms in total. The summed E-state index contributed by atoms with van der Waals surface area (Å²) in [6.45, 7) is 5.59. The van der Waals surface area contributed by atoms with Crippen LogP contribution in [0.2, 0.25) is 0 Å². The van der Waals surface area contributed by atoms with Crippen molar-refractivity contribution in [1.29, 1.82) is 0 Å². The van der Waals surface area contributed by atoms with Crippen LogP contribution in [0.5, 0.6) is 0 Å². The van der Waals surface area contributed by atoms with Crippen molar-refractivity contribution in [3.05, 3.63) is 11.4 Å². The molecule has 2 N–H and O–H groups in total. The average molecular weight is 157 g/mol. The van der Waals surface area contributed by atoms with Gasteiger partial charge < -0.3 is 5.73 Å². The van der Waals surface area contributed by atoms with Gasteiger partial charge in [0.05, 0.1) is 0 Å². The van der Waals surface area contributed by atoms with Crippen molar-refractivity contribution in [3.63, 3.8) is 0 Å². The molecule has 0 saturated carbocycles. The largest absolute Gasteiger partial charge is 0.364 e. The standard InChI is InChI=1S/C4H5N3O2.C2H6/c1-2-3(4(5)8)7-9-6-2;1-2/h1H3,(H2,5,8);1-2H3. The number of nitrogens with zero attached hydrogens (tertiary/aromatic N) is 2. The van der Waals surface area contributed by atoms with E-state index in [0.717, 1.165) is 0 Å². The maximum absolute atomic E-state index is 10.3. The smallest absolute Gasteiger partial charge is 0.272 e. The van der Waals surface area contributed by atoms with Gasteiger partial charge in [-0.15, -0.1) is 0 Å². The molecular formula is C6H11N3O2. The maximum Gasteiger partial charge on any atom is 0.272 e. The van der Waals surface area contributed by atoms with E-state index in [9.17, 15) is 4.79 Å². The van der Waals surface area contributed by atoms with Crippen molar-refractivity contribution in [2.45, 2.75) is 20.8 Å². The van der Waals surface area contributed by atoms with Gasteiger partial charge >= 0.3 is 0 Å². The molecule has 1 heterocycles. The molecule has 0 bridgehead atoms. The van der Waals surface area contributed by atoms with E-state index in [0.29, 0.717) is 5.69 Å². The summed E-state index contributed by atoms with van der Waals surface area (Å²) < 4.78 is 4.21. The Morgan fingerprint density at radius 2 is 2.00 bits per heavy atom. The molecule has 0 aromatic carbocycles. The Morgan fingerprint density at radius 3 is 2.18 bits per heavy atom. The molecular weight excluding hydrogens is 146 g/mol. The number of nitrogens with two attached hydrogens (primary N) is 1. The highest BCUT2D eigenvalue weighted by Crippen LogP contribution is 1.96. The van der Waals surface area contributed by atoms with Crippen LogP contribution in [-0.2, 0) is 0 Å². The van der Waals surface area contributed by atoms with Crippen molar-refractivity contribution in [2.75, 3.05) is 0 Å². The number of hydrogen-bond donors (Lipinski definition) is 1. The molecule has 0 aliphatic heterocycles. The number of primary amides is 1. The molecule has 0 atom stereocenters. The minimum absolute atomic E-state index is 0.0926. The Labute approximate surface area is 64.5 Å². The van der Waals surface area contributed by atoms with Gasteiger partial charge in [-0.25, -0.2) is 4.63 Å². The quantitative estimate of drug-likeness (QED) is 0.643. The number of carbonyl (C=O) groups excluding carboxylic acids is 1. The second-order valence-electron chi connectivity index (χ2n) is 1.56. The first-order chi connectivity index (χ1) is 5.22. The molecule has 1 rings (SSSR count). The highest BCUT2D eigenvalue weighted by molar-refractivity contribution is 5.91. The lowest BCUT2D eigenvalue weighted by atomic mass is 10.3. The molecule has 0 fully saturated rings. The zero-order valence-electron chi connectivity index (χ0n) is 6.79. The van der Waals surface area contributed by atoms with Crippen molar-refractivity contribution < 1.29 is 9.42 Å². The Balaban J connectivity index is 0.000000461. The summed E-state index contributed by atoms with van der Waals surface area (Å²) in [5.74, 6) is -0.617. The van der Waals surface area contributed by atoms with E-state index in [2.05, 4.69) is 14.9 Å². The highest BCUT2D eigenvalue weighted by atomic mass is 16.6. The molecule has 1 aromatic rings. The predicted molar refractivity (Wildman–Crippen MR) is 38.9 cm³/mol. The third-order valence-electron chi connectivity index (χ3n) is 0.886. The van der Waals surface area contributed by atoms with Crippen LogP contribution in [0.15, 0.2) is 4.63 Å². The second kappa shape index (κ2) is 4.43. The van der Waals surface area contributed by atoms with Crippen LogP contribution in [0.4, 0.5) is 0 Å². The number of hydrogen-bond acceptors (Lipinski definition) is 4. The lowest BCUT2D eigenvalue weighted by molar-refractivity contribution is 0.0990.